The number of nitrogens with zero attached hydrogens (tertiary/aromatic N) is 2. The minimum atomic E-state index is -0.00169. The summed E-state index contributed by atoms with van der Waals surface area (Å²) in [6.45, 7) is 6.68. The van der Waals surface area contributed by atoms with Crippen molar-refractivity contribution in [3.05, 3.63) is 42.2 Å². The Labute approximate surface area is 130 Å². The van der Waals surface area contributed by atoms with E-state index in [0.717, 1.165) is 44.8 Å². The summed E-state index contributed by atoms with van der Waals surface area (Å²) in [6.07, 6.45) is 4.78. The summed E-state index contributed by atoms with van der Waals surface area (Å²) in [5.41, 5.74) is 1.75. The van der Waals surface area contributed by atoms with Crippen molar-refractivity contribution in [2.75, 3.05) is 32.8 Å². The molecule has 1 aliphatic heterocycles. The molecule has 2 aromatic rings. The van der Waals surface area contributed by atoms with Gasteiger partial charge in [-0.25, -0.2) is 0 Å². The SMILES string of the molecule is C[C@H](CCN1CCOCC1)NC(=O)c1cc2ccccn2c1. The Morgan fingerprint density at radius 2 is 2.18 bits per heavy atom. The molecule has 118 valence electrons. The normalized spacial score (nSPS) is 17.5. The van der Waals surface area contributed by atoms with Gasteiger partial charge < -0.3 is 14.5 Å². The van der Waals surface area contributed by atoms with Crippen LogP contribution in [0.5, 0.6) is 0 Å². The molecule has 0 saturated carbocycles. The first-order valence-corrected chi connectivity index (χ1v) is 7.90. The van der Waals surface area contributed by atoms with Crippen LogP contribution in [0, 0.1) is 0 Å². The van der Waals surface area contributed by atoms with Gasteiger partial charge in [-0.05, 0) is 31.5 Å². The highest BCUT2D eigenvalue weighted by Gasteiger charge is 2.14. The molecule has 3 rings (SSSR count). The molecule has 1 N–H and O–H groups in total. The van der Waals surface area contributed by atoms with E-state index < -0.39 is 0 Å². The topological polar surface area (TPSA) is 46.0 Å². The molecule has 0 aromatic carbocycles. The van der Waals surface area contributed by atoms with Crippen LogP contribution in [-0.4, -0.2) is 54.1 Å². The Bertz CT molecular complexity index is 599. The number of fused-ring (bicyclic) bond motifs is 1. The second-order valence-electron chi connectivity index (χ2n) is 5.88. The highest BCUT2D eigenvalue weighted by molar-refractivity contribution is 5.95. The fourth-order valence-electron chi connectivity index (χ4n) is 2.76. The van der Waals surface area contributed by atoms with E-state index in [1.54, 1.807) is 0 Å². The molecule has 5 heteroatoms. The first-order valence-electron chi connectivity index (χ1n) is 7.90. The standard InChI is InChI=1S/C17H23N3O2/c1-14(5-7-19-8-10-22-11-9-19)18-17(21)15-12-16-4-2-3-6-20(16)13-15/h2-4,6,12-14H,5,7-11H2,1H3,(H,18,21)/t14-/m1/s1. The molecule has 22 heavy (non-hydrogen) atoms. The zero-order chi connectivity index (χ0) is 15.4. The van der Waals surface area contributed by atoms with Crippen molar-refractivity contribution < 1.29 is 9.53 Å². The monoisotopic (exact) mass is 301 g/mol. The zero-order valence-corrected chi connectivity index (χ0v) is 13.0. The Kier molecular flexibility index (Phi) is 4.75. The fourth-order valence-corrected chi connectivity index (χ4v) is 2.76. The van der Waals surface area contributed by atoms with Crippen LogP contribution in [0.1, 0.15) is 23.7 Å². The minimum absolute atomic E-state index is 0.00169. The van der Waals surface area contributed by atoms with Crippen LogP contribution in [0.4, 0.5) is 0 Å². The van der Waals surface area contributed by atoms with Gasteiger partial charge in [-0.15, -0.1) is 0 Å². The molecule has 2 aromatic heterocycles. The van der Waals surface area contributed by atoms with Crippen molar-refractivity contribution in [3.8, 4) is 0 Å². The number of nitrogens with one attached hydrogen (secondary N) is 1. The number of rotatable bonds is 5. The van der Waals surface area contributed by atoms with E-state index in [1.807, 2.05) is 41.1 Å². The van der Waals surface area contributed by atoms with Crippen molar-refractivity contribution in [3.63, 3.8) is 0 Å². The van der Waals surface area contributed by atoms with Crippen molar-refractivity contribution in [1.29, 1.82) is 0 Å². The van der Waals surface area contributed by atoms with E-state index >= 15 is 0 Å². The quantitative estimate of drug-likeness (QED) is 0.915. The summed E-state index contributed by atoms with van der Waals surface area (Å²) in [6, 6.07) is 8.02. The molecular formula is C17H23N3O2. The van der Waals surface area contributed by atoms with Crippen LogP contribution < -0.4 is 5.32 Å². The van der Waals surface area contributed by atoms with E-state index in [9.17, 15) is 4.79 Å². The third-order valence-corrected chi connectivity index (χ3v) is 4.13. The molecular weight excluding hydrogens is 278 g/mol. The highest BCUT2D eigenvalue weighted by Crippen LogP contribution is 2.10. The van der Waals surface area contributed by atoms with Gasteiger partial charge in [-0.1, -0.05) is 6.07 Å². The van der Waals surface area contributed by atoms with Crippen LogP contribution in [0.3, 0.4) is 0 Å². The summed E-state index contributed by atoms with van der Waals surface area (Å²) >= 11 is 0. The summed E-state index contributed by atoms with van der Waals surface area (Å²) in [5.74, 6) is -0.00169. The molecule has 1 fully saturated rings. The minimum Gasteiger partial charge on any atom is -0.379 e. The number of pyridine rings is 1. The summed E-state index contributed by atoms with van der Waals surface area (Å²) in [5, 5.41) is 3.09. The van der Waals surface area contributed by atoms with Crippen LogP contribution in [0.25, 0.3) is 5.52 Å². The molecule has 1 amide bonds. The van der Waals surface area contributed by atoms with Gasteiger partial charge in [0.15, 0.2) is 0 Å². The second kappa shape index (κ2) is 6.94. The average molecular weight is 301 g/mol. The van der Waals surface area contributed by atoms with Crippen LogP contribution in [-0.2, 0) is 4.74 Å². The molecule has 0 spiro atoms. The first kappa shape index (κ1) is 15.1. The smallest absolute Gasteiger partial charge is 0.253 e. The van der Waals surface area contributed by atoms with E-state index in [2.05, 4.69) is 17.1 Å². The maximum Gasteiger partial charge on any atom is 0.253 e. The van der Waals surface area contributed by atoms with Gasteiger partial charge >= 0.3 is 0 Å². The fraction of sp³-hybridized carbons (Fsp3) is 0.471. The van der Waals surface area contributed by atoms with Gasteiger partial charge in [0.25, 0.3) is 5.91 Å². The number of morpholine rings is 1. The second-order valence-corrected chi connectivity index (χ2v) is 5.88. The molecule has 0 radical (unpaired) electrons. The van der Waals surface area contributed by atoms with Crippen molar-refractivity contribution in [2.24, 2.45) is 0 Å². The van der Waals surface area contributed by atoms with E-state index in [4.69, 9.17) is 4.74 Å². The lowest BCUT2D eigenvalue weighted by atomic mass is 10.2. The lowest BCUT2D eigenvalue weighted by Gasteiger charge is -2.27. The largest absolute Gasteiger partial charge is 0.379 e. The van der Waals surface area contributed by atoms with Crippen LogP contribution in [0.15, 0.2) is 36.7 Å². The maximum absolute atomic E-state index is 12.3. The molecule has 1 saturated heterocycles. The third-order valence-electron chi connectivity index (χ3n) is 4.13. The van der Waals surface area contributed by atoms with Crippen LogP contribution in [0.2, 0.25) is 0 Å². The molecule has 5 nitrogen and oxygen atoms in total. The number of carbonyl (C=O) groups excluding carboxylic acids is 1. The first-order chi connectivity index (χ1) is 10.7. The summed E-state index contributed by atoms with van der Waals surface area (Å²) < 4.78 is 7.31. The molecule has 0 unspecified atom stereocenters. The van der Waals surface area contributed by atoms with Crippen molar-refractivity contribution in [2.45, 2.75) is 19.4 Å². The van der Waals surface area contributed by atoms with E-state index in [1.165, 1.54) is 0 Å². The summed E-state index contributed by atoms with van der Waals surface area (Å²) in [4.78, 5) is 14.7. The molecule has 1 aliphatic rings. The lowest BCUT2D eigenvalue weighted by molar-refractivity contribution is 0.0363. The van der Waals surface area contributed by atoms with Gasteiger partial charge in [-0.2, -0.15) is 0 Å². The highest BCUT2D eigenvalue weighted by atomic mass is 16.5. The third kappa shape index (κ3) is 3.67. The Morgan fingerprint density at radius 1 is 1.36 bits per heavy atom. The van der Waals surface area contributed by atoms with Gasteiger partial charge in [0.1, 0.15) is 0 Å². The number of hydrogen-bond donors (Lipinski definition) is 1. The van der Waals surface area contributed by atoms with Crippen molar-refractivity contribution in [1.82, 2.24) is 14.6 Å². The molecule has 1 atom stereocenters. The predicted molar refractivity (Wildman–Crippen MR) is 86.2 cm³/mol. The Hall–Kier alpha value is -1.85. The lowest BCUT2D eigenvalue weighted by Crippen LogP contribution is -2.40. The number of carbonyl (C=O) groups is 1. The number of aromatic nitrogens is 1. The van der Waals surface area contributed by atoms with Gasteiger partial charge in [0.2, 0.25) is 0 Å². The van der Waals surface area contributed by atoms with Crippen molar-refractivity contribution >= 4 is 11.4 Å². The number of amides is 1. The molecule has 0 bridgehead atoms. The van der Waals surface area contributed by atoms with E-state index in [-0.39, 0.29) is 11.9 Å². The maximum atomic E-state index is 12.3. The van der Waals surface area contributed by atoms with E-state index in [0.29, 0.717) is 5.56 Å². The number of ether oxygens (including phenoxy) is 1. The van der Waals surface area contributed by atoms with Gasteiger partial charge in [-0.3, -0.25) is 9.69 Å². The van der Waals surface area contributed by atoms with Gasteiger partial charge in [0.05, 0.1) is 18.8 Å². The summed E-state index contributed by atoms with van der Waals surface area (Å²) in [7, 11) is 0. The van der Waals surface area contributed by atoms with Crippen LogP contribution >= 0.6 is 0 Å². The molecule has 3 heterocycles. The predicted octanol–water partition coefficient (Wildman–Crippen LogP) is 1.78. The zero-order valence-electron chi connectivity index (χ0n) is 13.0. The Balaban J connectivity index is 1.51. The number of hydrogen-bond acceptors (Lipinski definition) is 3. The molecule has 0 aliphatic carbocycles. The average Bonchev–Trinajstić information content (AvgIpc) is 2.98. The van der Waals surface area contributed by atoms with Gasteiger partial charge in [0, 0.05) is 43.6 Å². The Morgan fingerprint density at radius 3 is 2.95 bits per heavy atom.